The van der Waals surface area contributed by atoms with Gasteiger partial charge in [0.15, 0.2) is 5.03 Å². The van der Waals surface area contributed by atoms with E-state index < -0.39 is 21.3 Å². The molecule has 0 spiro atoms. The Hall–Kier alpha value is -2.19. The molecule has 0 saturated carbocycles. The molecule has 2 rings (SSSR count). The van der Waals surface area contributed by atoms with Gasteiger partial charge in [-0.3, -0.25) is 9.59 Å². The lowest BCUT2D eigenvalue weighted by Crippen LogP contribution is -2.38. The van der Waals surface area contributed by atoms with E-state index in [1.165, 1.54) is 24.3 Å². The first-order valence-electron chi connectivity index (χ1n) is 7.62. The zero-order chi connectivity index (χ0) is 18.6. The van der Waals surface area contributed by atoms with Crippen molar-refractivity contribution in [1.82, 2.24) is 15.1 Å². The molecule has 0 aliphatic rings. The second kappa shape index (κ2) is 7.79. The molecule has 0 radical (unpaired) electrons. The van der Waals surface area contributed by atoms with E-state index in [1.807, 2.05) is 13.8 Å². The molecule has 1 atom stereocenters. The van der Waals surface area contributed by atoms with Crippen molar-refractivity contribution < 1.29 is 13.2 Å². The Labute approximate surface area is 150 Å². The van der Waals surface area contributed by atoms with Crippen LogP contribution in [0.5, 0.6) is 0 Å². The van der Waals surface area contributed by atoms with Gasteiger partial charge in [0.05, 0.1) is 4.90 Å². The van der Waals surface area contributed by atoms with Crippen LogP contribution < -0.4 is 10.9 Å². The fourth-order valence-corrected chi connectivity index (χ4v) is 3.29. The second-order valence-electron chi connectivity index (χ2n) is 5.50. The van der Waals surface area contributed by atoms with Gasteiger partial charge in [0, 0.05) is 17.1 Å². The lowest BCUT2D eigenvalue weighted by Gasteiger charge is -2.12. The highest BCUT2D eigenvalue weighted by molar-refractivity contribution is 7.91. The third-order valence-electron chi connectivity index (χ3n) is 3.55. The Morgan fingerprint density at radius 1 is 1.24 bits per heavy atom. The van der Waals surface area contributed by atoms with Crippen LogP contribution in [0.25, 0.3) is 0 Å². The molecule has 1 amide bonds. The summed E-state index contributed by atoms with van der Waals surface area (Å²) in [6.45, 7) is 3.39. The molecule has 0 aliphatic heterocycles. The first-order chi connectivity index (χ1) is 11.7. The van der Waals surface area contributed by atoms with Gasteiger partial charge in [-0.1, -0.05) is 18.5 Å². The minimum atomic E-state index is -3.92. The number of rotatable bonds is 6. The number of sulfone groups is 1. The number of carbonyl (C=O) groups is 1. The predicted octanol–water partition coefficient (Wildman–Crippen LogP) is 1.64. The molecule has 25 heavy (non-hydrogen) atoms. The van der Waals surface area contributed by atoms with Crippen LogP contribution in [0.2, 0.25) is 5.02 Å². The summed E-state index contributed by atoms with van der Waals surface area (Å²) in [4.78, 5) is 23.8. The van der Waals surface area contributed by atoms with E-state index in [2.05, 4.69) is 10.4 Å². The average molecular weight is 384 g/mol. The number of benzene rings is 1. The van der Waals surface area contributed by atoms with Gasteiger partial charge in [0.2, 0.25) is 15.7 Å². The highest BCUT2D eigenvalue weighted by Gasteiger charge is 2.21. The number of carbonyl (C=O) groups excluding carboxylic acids is 1. The van der Waals surface area contributed by atoms with Gasteiger partial charge in [-0.15, -0.1) is 0 Å². The molecule has 1 N–H and O–H groups in total. The Kier molecular flexibility index (Phi) is 5.97. The Morgan fingerprint density at radius 2 is 1.88 bits per heavy atom. The van der Waals surface area contributed by atoms with Crippen LogP contribution in [-0.2, 0) is 21.2 Å². The molecular formula is C16H18ClN3O4S. The number of hydrogen-bond donors (Lipinski definition) is 1. The average Bonchev–Trinajstić information content (AvgIpc) is 2.56. The van der Waals surface area contributed by atoms with Crippen LogP contribution in [0.1, 0.15) is 20.3 Å². The standard InChI is InChI=1S/C16H18ClN3O4S/c1-3-11(2)18-14(21)10-20-16(22)9-8-15(19-20)25(23,24)13-6-4-12(17)5-7-13/h4-9,11H,3,10H2,1-2H3,(H,18,21)/t11-/m1/s1. The van der Waals surface area contributed by atoms with E-state index in [-0.39, 0.29) is 22.5 Å². The van der Waals surface area contributed by atoms with Gasteiger partial charge in [-0.25, -0.2) is 13.1 Å². The van der Waals surface area contributed by atoms with Crippen molar-refractivity contribution in [1.29, 1.82) is 0 Å². The molecule has 2 aromatic rings. The largest absolute Gasteiger partial charge is 0.352 e. The summed E-state index contributed by atoms with van der Waals surface area (Å²) < 4.78 is 26.0. The van der Waals surface area contributed by atoms with Gasteiger partial charge < -0.3 is 5.32 Å². The van der Waals surface area contributed by atoms with E-state index >= 15 is 0 Å². The van der Waals surface area contributed by atoms with Gasteiger partial charge >= 0.3 is 0 Å². The van der Waals surface area contributed by atoms with Crippen LogP contribution in [0.4, 0.5) is 0 Å². The Morgan fingerprint density at radius 3 is 2.48 bits per heavy atom. The third-order valence-corrected chi connectivity index (χ3v) is 5.47. The quantitative estimate of drug-likeness (QED) is 0.817. The number of halogens is 1. The first-order valence-corrected chi connectivity index (χ1v) is 9.48. The van der Waals surface area contributed by atoms with Crippen LogP contribution in [0.3, 0.4) is 0 Å². The summed E-state index contributed by atoms with van der Waals surface area (Å²) >= 11 is 5.76. The van der Waals surface area contributed by atoms with Crippen molar-refractivity contribution >= 4 is 27.3 Å². The van der Waals surface area contributed by atoms with Crippen molar-refractivity contribution in [2.75, 3.05) is 0 Å². The number of hydrogen-bond acceptors (Lipinski definition) is 5. The summed E-state index contributed by atoms with van der Waals surface area (Å²) in [6.07, 6.45) is 0.735. The maximum Gasteiger partial charge on any atom is 0.267 e. The summed E-state index contributed by atoms with van der Waals surface area (Å²) in [7, 11) is -3.92. The highest BCUT2D eigenvalue weighted by atomic mass is 35.5. The summed E-state index contributed by atoms with van der Waals surface area (Å²) in [6, 6.07) is 7.74. The SMILES string of the molecule is CC[C@@H](C)NC(=O)Cn1nc(S(=O)(=O)c2ccc(Cl)cc2)ccc1=O. The molecule has 0 saturated heterocycles. The summed E-state index contributed by atoms with van der Waals surface area (Å²) in [5.41, 5.74) is -0.561. The van der Waals surface area contributed by atoms with Crippen molar-refractivity contribution in [3.05, 3.63) is 51.8 Å². The Bertz CT molecular complexity index is 923. The number of amides is 1. The van der Waals surface area contributed by atoms with Crippen LogP contribution in [0.15, 0.2) is 51.1 Å². The van der Waals surface area contributed by atoms with Crippen LogP contribution >= 0.6 is 11.6 Å². The molecule has 7 nitrogen and oxygen atoms in total. The lowest BCUT2D eigenvalue weighted by molar-refractivity contribution is -0.122. The summed E-state index contributed by atoms with van der Waals surface area (Å²) in [5.74, 6) is -0.412. The van der Waals surface area contributed by atoms with E-state index in [4.69, 9.17) is 11.6 Å². The molecule has 9 heteroatoms. The fraction of sp³-hybridized carbons (Fsp3) is 0.312. The first kappa shape index (κ1) is 19.1. The monoisotopic (exact) mass is 383 g/mol. The van der Waals surface area contributed by atoms with Crippen molar-refractivity contribution in [3.8, 4) is 0 Å². The maximum atomic E-state index is 12.6. The van der Waals surface area contributed by atoms with Gasteiger partial charge in [0.1, 0.15) is 6.54 Å². The molecule has 134 valence electrons. The van der Waals surface area contributed by atoms with E-state index in [1.54, 1.807) is 0 Å². The molecule has 1 heterocycles. The third kappa shape index (κ3) is 4.67. The topological polar surface area (TPSA) is 98.1 Å². The number of nitrogens with one attached hydrogen (secondary N) is 1. The van der Waals surface area contributed by atoms with Gasteiger partial charge in [0.25, 0.3) is 5.56 Å². The zero-order valence-electron chi connectivity index (χ0n) is 13.8. The number of aromatic nitrogens is 2. The predicted molar refractivity (Wildman–Crippen MR) is 93.3 cm³/mol. The molecule has 1 aromatic carbocycles. The Balaban J connectivity index is 2.33. The lowest BCUT2D eigenvalue weighted by atomic mass is 10.2. The molecular weight excluding hydrogens is 366 g/mol. The smallest absolute Gasteiger partial charge is 0.267 e. The van der Waals surface area contributed by atoms with E-state index in [0.29, 0.717) is 5.02 Å². The molecule has 0 aliphatic carbocycles. The van der Waals surface area contributed by atoms with Crippen LogP contribution in [-0.4, -0.2) is 30.1 Å². The minimum absolute atomic E-state index is 0.00124. The maximum absolute atomic E-state index is 12.6. The minimum Gasteiger partial charge on any atom is -0.352 e. The zero-order valence-corrected chi connectivity index (χ0v) is 15.3. The molecule has 0 bridgehead atoms. The molecule has 1 aromatic heterocycles. The van der Waals surface area contributed by atoms with E-state index in [9.17, 15) is 18.0 Å². The summed E-state index contributed by atoms with van der Waals surface area (Å²) in [5, 5.41) is 6.62. The molecule has 0 unspecified atom stereocenters. The highest BCUT2D eigenvalue weighted by Crippen LogP contribution is 2.20. The molecule has 0 fully saturated rings. The van der Waals surface area contributed by atoms with E-state index in [0.717, 1.165) is 23.2 Å². The van der Waals surface area contributed by atoms with Crippen molar-refractivity contribution in [2.45, 2.75) is 42.8 Å². The fourth-order valence-electron chi connectivity index (χ4n) is 1.98. The second-order valence-corrected chi connectivity index (χ2v) is 7.83. The number of nitrogens with zero attached hydrogens (tertiary/aromatic N) is 2. The normalized spacial score (nSPS) is 12.6. The van der Waals surface area contributed by atoms with Crippen molar-refractivity contribution in [2.24, 2.45) is 0 Å². The van der Waals surface area contributed by atoms with Crippen LogP contribution in [0, 0.1) is 0 Å². The van der Waals surface area contributed by atoms with Crippen molar-refractivity contribution in [3.63, 3.8) is 0 Å². The van der Waals surface area contributed by atoms with Gasteiger partial charge in [-0.2, -0.15) is 5.10 Å². The van der Waals surface area contributed by atoms with Gasteiger partial charge in [-0.05, 0) is 43.7 Å².